The summed E-state index contributed by atoms with van der Waals surface area (Å²) in [6, 6.07) is 7.91. The second kappa shape index (κ2) is 7.98. The number of thioether (sulfide) groups is 1. The first-order valence-electron chi connectivity index (χ1n) is 5.82. The summed E-state index contributed by atoms with van der Waals surface area (Å²) in [5.41, 5.74) is 7.31. The lowest BCUT2D eigenvalue weighted by molar-refractivity contribution is 0.337. The van der Waals surface area contributed by atoms with Crippen LogP contribution >= 0.6 is 23.4 Å². The van der Waals surface area contributed by atoms with Crippen LogP contribution in [0.3, 0.4) is 0 Å². The van der Waals surface area contributed by atoms with E-state index in [-0.39, 0.29) is 6.04 Å². The van der Waals surface area contributed by atoms with Gasteiger partial charge in [-0.3, -0.25) is 0 Å². The minimum absolute atomic E-state index is 0.101. The molecule has 1 aromatic carbocycles. The van der Waals surface area contributed by atoms with Crippen molar-refractivity contribution >= 4 is 23.4 Å². The smallest absolute Gasteiger partial charge is 0.0406 e. The summed E-state index contributed by atoms with van der Waals surface area (Å²) >= 11 is 7.72. The van der Waals surface area contributed by atoms with Gasteiger partial charge in [0.2, 0.25) is 0 Å². The summed E-state index contributed by atoms with van der Waals surface area (Å²) in [4.78, 5) is 2.33. The van der Waals surface area contributed by atoms with Gasteiger partial charge in [0, 0.05) is 23.4 Å². The van der Waals surface area contributed by atoms with Gasteiger partial charge in [0.25, 0.3) is 0 Å². The summed E-state index contributed by atoms with van der Waals surface area (Å²) in [5.74, 6) is 1.17. The van der Waals surface area contributed by atoms with Gasteiger partial charge in [-0.2, -0.15) is 11.8 Å². The number of hydrogen-bond donors (Lipinski definition) is 1. The van der Waals surface area contributed by atoms with E-state index in [0.29, 0.717) is 0 Å². The van der Waals surface area contributed by atoms with Crippen LogP contribution in [0.4, 0.5) is 0 Å². The van der Waals surface area contributed by atoms with Crippen LogP contribution in [0.15, 0.2) is 24.3 Å². The molecule has 17 heavy (non-hydrogen) atoms. The molecule has 1 unspecified atom stereocenters. The largest absolute Gasteiger partial charge is 0.324 e. The second-order valence-corrected chi connectivity index (χ2v) is 5.66. The maximum absolute atomic E-state index is 6.15. The Morgan fingerprint density at radius 3 is 2.53 bits per heavy atom. The number of halogens is 1. The number of nitrogens with zero attached hydrogens (tertiary/aromatic N) is 1. The molecule has 2 nitrogen and oxygen atoms in total. The molecule has 0 fully saturated rings. The third kappa shape index (κ3) is 5.77. The van der Waals surface area contributed by atoms with Crippen molar-refractivity contribution in [1.29, 1.82) is 0 Å². The number of rotatable bonds is 7. The van der Waals surface area contributed by atoms with Gasteiger partial charge in [-0.15, -0.1) is 0 Å². The standard InChI is InChI=1S/C13H21ClN2S/c1-16(9-10-17-2)8-7-13(15)11-3-5-12(14)6-4-11/h3-6,13H,7-10,15H2,1-2H3. The molecule has 0 radical (unpaired) electrons. The highest BCUT2D eigenvalue weighted by atomic mass is 35.5. The SMILES string of the molecule is CSCCN(C)CCC(N)c1ccc(Cl)cc1. The number of hydrogen-bond acceptors (Lipinski definition) is 3. The van der Waals surface area contributed by atoms with E-state index in [1.54, 1.807) is 0 Å². The van der Waals surface area contributed by atoms with E-state index in [9.17, 15) is 0 Å². The van der Waals surface area contributed by atoms with Crippen molar-refractivity contribution in [3.8, 4) is 0 Å². The summed E-state index contributed by atoms with van der Waals surface area (Å²) < 4.78 is 0. The van der Waals surface area contributed by atoms with Crippen molar-refractivity contribution < 1.29 is 0 Å². The summed E-state index contributed by atoms with van der Waals surface area (Å²) in [5, 5.41) is 0.762. The first-order valence-corrected chi connectivity index (χ1v) is 7.59. The number of benzene rings is 1. The molecule has 2 N–H and O–H groups in total. The lowest BCUT2D eigenvalue weighted by Gasteiger charge is -2.19. The molecule has 1 rings (SSSR count). The van der Waals surface area contributed by atoms with Crippen LogP contribution < -0.4 is 5.73 Å². The normalized spacial score (nSPS) is 13.0. The summed E-state index contributed by atoms with van der Waals surface area (Å²) in [6.45, 7) is 2.15. The molecule has 0 aliphatic rings. The molecule has 1 atom stereocenters. The Bertz CT molecular complexity index is 316. The fourth-order valence-corrected chi connectivity index (χ4v) is 2.22. The van der Waals surface area contributed by atoms with Crippen LogP contribution in [-0.4, -0.2) is 37.0 Å². The van der Waals surface area contributed by atoms with E-state index >= 15 is 0 Å². The van der Waals surface area contributed by atoms with Gasteiger partial charge >= 0.3 is 0 Å². The first-order chi connectivity index (χ1) is 8.13. The average Bonchev–Trinajstić information content (AvgIpc) is 2.34. The molecule has 1 aromatic rings. The Morgan fingerprint density at radius 1 is 1.29 bits per heavy atom. The monoisotopic (exact) mass is 272 g/mol. The van der Waals surface area contributed by atoms with Gasteiger partial charge in [-0.1, -0.05) is 23.7 Å². The Balaban J connectivity index is 2.34. The van der Waals surface area contributed by atoms with Gasteiger partial charge in [0.1, 0.15) is 0 Å². The first kappa shape index (κ1) is 14.8. The molecule has 0 amide bonds. The van der Waals surface area contributed by atoms with E-state index in [4.69, 9.17) is 17.3 Å². The molecule has 0 aromatic heterocycles. The van der Waals surface area contributed by atoms with E-state index in [1.165, 1.54) is 5.75 Å². The predicted molar refractivity (Wildman–Crippen MR) is 78.9 cm³/mol. The fraction of sp³-hybridized carbons (Fsp3) is 0.538. The topological polar surface area (TPSA) is 29.3 Å². The van der Waals surface area contributed by atoms with Crippen molar-refractivity contribution in [1.82, 2.24) is 4.90 Å². The molecule has 0 saturated heterocycles. The van der Waals surface area contributed by atoms with Gasteiger partial charge in [0.05, 0.1) is 0 Å². The molecule has 0 aliphatic heterocycles. The molecule has 0 saturated carbocycles. The Labute approximate surface area is 114 Å². The Hall–Kier alpha value is -0.220. The molecule has 0 bridgehead atoms. The maximum atomic E-state index is 6.15. The highest BCUT2D eigenvalue weighted by molar-refractivity contribution is 7.98. The van der Waals surface area contributed by atoms with Crippen LogP contribution in [0.1, 0.15) is 18.0 Å². The van der Waals surface area contributed by atoms with Crippen molar-refractivity contribution in [3.05, 3.63) is 34.9 Å². The van der Waals surface area contributed by atoms with Gasteiger partial charge < -0.3 is 10.6 Å². The maximum Gasteiger partial charge on any atom is 0.0406 e. The van der Waals surface area contributed by atoms with Gasteiger partial charge in [0.15, 0.2) is 0 Å². The minimum atomic E-state index is 0.101. The zero-order chi connectivity index (χ0) is 12.7. The van der Waals surface area contributed by atoms with Crippen molar-refractivity contribution in [3.63, 3.8) is 0 Å². The van der Waals surface area contributed by atoms with Gasteiger partial charge in [-0.05, 0) is 44.0 Å². The second-order valence-electron chi connectivity index (χ2n) is 4.24. The quantitative estimate of drug-likeness (QED) is 0.827. The molecular weight excluding hydrogens is 252 g/mol. The summed E-state index contributed by atoms with van der Waals surface area (Å²) in [7, 11) is 2.14. The molecule has 4 heteroatoms. The minimum Gasteiger partial charge on any atom is -0.324 e. The van der Waals surface area contributed by atoms with Crippen LogP contribution in [0.2, 0.25) is 5.02 Å². The van der Waals surface area contributed by atoms with Crippen LogP contribution in [-0.2, 0) is 0 Å². The van der Waals surface area contributed by atoms with Crippen LogP contribution in [0.5, 0.6) is 0 Å². The van der Waals surface area contributed by atoms with E-state index in [1.807, 2.05) is 36.0 Å². The third-order valence-electron chi connectivity index (χ3n) is 2.80. The predicted octanol–water partition coefficient (Wildman–Crippen LogP) is 3.02. The third-order valence-corrected chi connectivity index (χ3v) is 3.64. The fourth-order valence-electron chi connectivity index (χ4n) is 1.60. The number of nitrogens with two attached hydrogens (primary N) is 1. The zero-order valence-corrected chi connectivity index (χ0v) is 12.1. The van der Waals surface area contributed by atoms with Crippen molar-refractivity contribution in [2.45, 2.75) is 12.5 Å². The zero-order valence-electron chi connectivity index (χ0n) is 10.5. The van der Waals surface area contributed by atoms with Gasteiger partial charge in [-0.25, -0.2) is 0 Å². The highest BCUT2D eigenvalue weighted by Crippen LogP contribution is 2.17. The molecule has 0 spiro atoms. The Kier molecular flexibility index (Phi) is 6.97. The van der Waals surface area contributed by atoms with E-state index < -0.39 is 0 Å². The molecule has 96 valence electrons. The van der Waals surface area contributed by atoms with E-state index in [0.717, 1.165) is 30.1 Å². The van der Waals surface area contributed by atoms with Crippen molar-refractivity contribution in [2.24, 2.45) is 5.73 Å². The lowest BCUT2D eigenvalue weighted by Crippen LogP contribution is -2.25. The van der Waals surface area contributed by atoms with Crippen LogP contribution in [0, 0.1) is 0 Å². The van der Waals surface area contributed by atoms with Crippen LogP contribution in [0.25, 0.3) is 0 Å². The molecule has 0 aliphatic carbocycles. The lowest BCUT2D eigenvalue weighted by atomic mass is 10.0. The highest BCUT2D eigenvalue weighted by Gasteiger charge is 2.07. The molecule has 0 heterocycles. The molecular formula is C13H21ClN2S. The Morgan fingerprint density at radius 2 is 1.94 bits per heavy atom. The average molecular weight is 273 g/mol. The van der Waals surface area contributed by atoms with Crippen molar-refractivity contribution in [2.75, 3.05) is 32.1 Å². The summed E-state index contributed by atoms with van der Waals surface area (Å²) in [6.07, 6.45) is 3.11. The van der Waals surface area contributed by atoms with E-state index in [2.05, 4.69) is 18.2 Å².